The van der Waals surface area contributed by atoms with Crippen molar-refractivity contribution in [3.05, 3.63) is 35.4 Å². The molecule has 1 fully saturated rings. The zero-order chi connectivity index (χ0) is 14.0. The highest BCUT2D eigenvalue weighted by Gasteiger charge is 2.44. The summed E-state index contributed by atoms with van der Waals surface area (Å²) in [7, 11) is 0. The summed E-state index contributed by atoms with van der Waals surface area (Å²) in [6.07, 6.45) is 1.96. The van der Waals surface area contributed by atoms with Gasteiger partial charge in [0.1, 0.15) is 17.4 Å². The third kappa shape index (κ3) is 3.36. The van der Waals surface area contributed by atoms with Gasteiger partial charge in [-0.2, -0.15) is 0 Å². The maximum Gasteiger partial charge on any atom is 0.136 e. The molecule has 3 N–H and O–H groups in total. The number of carbonyl (C=O) groups excluding carboxylic acids is 1. The Bertz CT molecular complexity index is 516. The molecule has 102 valence electrons. The molecule has 3 nitrogen and oxygen atoms in total. The third-order valence-electron chi connectivity index (χ3n) is 3.44. The lowest BCUT2D eigenvalue weighted by Crippen LogP contribution is -2.10. The van der Waals surface area contributed by atoms with Gasteiger partial charge in [0.25, 0.3) is 0 Å². The van der Waals surface area contributed by atoms with Crippen molar-refractivity contribution in [2.24, 2.45) is 11.7 Å². The lowest BCUT2D eigenvalue weighted by molar-refractivity contribution is -0.120. The number of halogens is 2. The Morgan fingerprint density at radius 1 is 1.37 bits per heavy atom. The average Bonchev–Trinajstić information content (AvgIpc) is 3.08. The second kappa shape index (κ2) is 5.47. The number of benzene rings is 1. The molecule has 0 bridgehead atoms. The van der Waals surface area contributed by atoms with Gasteiger partial charge in [-0.1, -0.05) is 6.07 Å². The fourth-order valence-electron chi connectivity index (χ4n) is 2.34. The predicted octanol–water partition coefficient (Wildman–Crippen LogP) is 2.74. The highest BCUT2D eigenvalue weighted by Crippen LogP contribution is 2.49. The Morgan fingerprint density at radius 3 is 2.74 bits per heavy atom. The van der Waals surface area contributed by atoms with Crippen molar-refractivity contribution in [3.63, 3.8) is 0 Å². The molecule has 2 rings (SSSR count). The number of hydrogen-bond acceptors (Lipinski definition) is 2. The molecular formula is C14H16F2N2O. The number of Topliss-reactive ketones (excluding diaryl/α,β-unsaturated/α-hetero) is 1. The minimum absolute atomic E-state index is 0.0738. The molecule has 1 aliphatic rings. The van der Waals surface area contributed by atoms with Crippen LogP contribution < -0.4 is 5.73 Å². The van der Waals surface area contributed by atoms with E-state index in [2.05, 4.69) is 0 Å². The summed E-state index contributed by atoms with van der Waals surface area (Å²) in [5.41, 5.74) is 5.63. The normalized spacial score (nSPS) is 21.2. The average molecular weight is 266 g/mol. The quantitative estimate of drug-likeness (QED) is 0.614. The molecule has 2 unspecified atom stereocenters. The molecule has 0 aliphatic heterocycles. The van der Waals surface area contributed by atoms with Crippen LogP contribution in [0.4, 0.5) is 8.78 Å². The molecule has 0 aromatic heterocycles. The number of nitrogens with two attached hydrogens (primary N) is 1. The molecule has 0 radical (unpaired) electrons. The van der Waals surface area contributed by atoms with E-state index in [1.807, 2.05) is 0 Å². The first-order valence-corrected chi connectivity index (χ1v) is 6.29. The van der Waals surface area contributed by atoms with Gasteiger partial charge < -0.3 is 5.73 Å². The van der Waals surface area contributed by atoms with Crippen molar-refractivity contribution in [2.75, 3.05) is 0 Å². The van der Waals surface area contributed by atoms with E-state index in [1.165, 1.54) is 12.1 Å². The van der Waals surface area contributed by atoms with Crippen LogP contribution in [0.1, 0.15) is 37.2 Å². The summed E-state index contributed by atoms with van der Waals surface area (Å²) in [6, 6.07) is 3.48. The van der Waals surface area contributed by atoms with E-state index in [1.54, 1.807) is 0 Å². The standard InChI is InChI=1S/C14H16F2N2O/c15-8-4-5-9(12(16)6-8)10-7-11(10)13(19)2-1-3-14(17)18/h4-6,10-11H,1-3,7H2,(H3,17,18). The van der Waals surface area contributed by atoms with Crippen LogP contribution in [0.5, 0.6) is 0 Å². The molecule has 1 saturated carbocycles. The van der Waals surface area contributed by atoms with E-state index in [4.69, 9.17) is 11.1 Å². The van der Waals surface area contributed by atoms with E-state index in [0.29, 0.717) is 31.2 Å². The smallest absolute Gasteiger partial charge is 0.136 e. The molecule has 2 atom stereocenters. The van der Waals surface area contributed by atoms with Crippen molar-refractivity contribution >= 4 is 11.6 Å². The van der Waals surface area contributed by atoms with Gasteiger partial charge in [-0.15, -0.1) is 0 Å². The van der Waals surface area contributed by atoms with Crippen LogP contribution in [-0.4, -0.2) is 11.6 Å². The van der Waals surface area contributed by atoms with Crippen LogP contribution in [0.3, 0.4) is 0 Å². The molecule has 0 heterocycles. The highest BCUT2D eigenvalue weighted by atomic mass is 19.1. The van der Waals surface area contributed by atoms with Crippen molar-refractivity contribution < 1.29 is 13.6 Å². The fraction of sp³-hybridized carbons (Fsp3) is 0.429. The monoisotopic (exact) mass is 266 g/mol. The number of carbonyl (C=O) groups is 1. The molecular weight excluding hydrogens is 250 g/mol. The minimum atomic E-state index is -0.605. The van der Waals surface area contributed by atoms with Gasteiger partial charge in [-0.25, -0.2) is 8.78 Å². The Morgan fingerprint density at radius 2 is 2.11 bits per heavy atom. The number of nitrogens with one attached hydrogen (secondary N) is 1. The van der Waals surface area contributed by atoms with Crippen LogP contribution in [0.25, 0.3) is 0 Å². The highest BCUT2D eigenvalue weighted by molar-refractivity contribution is 5.85. The van der Waals surface area contributed by atoms with Crippen LogP contribution >= 0.6 is 0 Å². The zero-order valence-electron chi connectivity index (χ0n) is 10.5. The Balaban J connectivity index is 1.89. The summed E-state index contributed by atoms with van der Waals surface area (Å²) in [5.74, 6) is -1.31. The fourth-order valence-corrected chi connectivity index (χ4v) is 2.34. The van der Waals surface area contributed by atoms with Gasteiger partial charge in [-0.3, -0.25) is 10.2 Å². The molecule has 0 spiro atoms. The van der Waals surface area contributed by atoms with E-state index >= 15 is 0 Å². The molecule has 1 aliphatic carbocycles. The summed E-state index contributed by atoms with van der Waals surface area (Å²) in [5, 5.41) is 7.07. The number of ketones is 1. The van der Waals surface area contributed by atoms with Crippen LogP contribution in [-0.2, 0) is 4.79 Å². The van der Waals surface area contributed by atoms with Crippen LogP contribution in [0.2, 0.25) is 0 Å². The van der Waals surface area contributed by atoms with Gasteiger partial charge in [0.2, 0.25) is 0 Å². The molecule has 1 aromatic rings. The second-order valence-electron chi connectivity index (χ2n) is 4.96. The Hall–Kier alpha value is -1.78. The largest absolute Gasteiger partial charge is 0.388 e. The summed E-state index contributed by atoms with van der Waals surface area (Å²) >= 11 is 0. The predicted molar refractivity (Wildman–Crippen MR) is 68.0 cm³/mol. The molecule has 19 heavy (non-hydrogen) atoms. The van der Waals surface area contributed by atoms with Crippen molar-refractivity contribution in [1.29, 1.82) is 5.41 Å². The molecule has 1 aromatic carbocycles. The minimum Gasteiger partial charge on any atom is -0.388 e. The maximum atomic E-state index is 13.5. The first-order chi connectivity index (χ1) is 8.99. The van der Waals surface area contributed by atoms with E-state index < -0.39 is 11.6 Å². The maximum absolute atomic E-state index is 13.5. The second-order valence-corrected chi connectivity index (χ2v) is 4.96. The Labute approximate surface area is 110 Å². The van der Waals surface area contributed by atoms with Gasteiger partial charge in [0.05, 0.1) is 5.84 Å². The van der Waals surface area contributed by atoms with Gasteiger partial charge >= 0.3 is 0 Å². The lowest BCUT2D eigenvalue weighted by atomic mass is 10.0. The van der Waals surface area contributed by atoms with E-state index in [9.17, 15) is 13.6 Å². The van der Waals surface area contributed by atoms with Gasteiger partial charge in [0.15, 0.2) is 0 Å². The van der Waals surface area contributed by atoms with Crippen molar-refractivity contribution in [1.82, 2.24) is 0 Å². The van der Waals surface area contributed by atoms with E-state index in [-0.39, 0.29) is 23.5 Å². The van der Waals surface area contributed by atoms with Gasteiger partial charge in [0, 0.05) is 24.8 Å². The zero-order valence-corrected chi connectivity index (χ0v) is 10.5. The summed E-state index contributed by atoms with van der Waals surface area (Å²) in [6.45, 7) is 0. The number of amidine groups is 1. The molecule has 0 amide bonds. The lowest BCUT2D eigenvalue weighted by Gasteiger charge is -2.03. The van der Waals surface area contributed by atoms with Crippen LogP contribution in [0.15, 0.2) is 18.2 Å². The van der Waals surface area contributed by atoms with Gasteiger partial charge in [-0.05, 0) is 30.4 Å². The molecule has 0 saturated heterocycles. The SMILES string of the molecule is N=C(N)CCCC(=O)C1CC1c1ccc(F)cc1F. The first kappa shape index (κ1) is 13.6. The van der Waals surface area contributed by atoms with E-state index in [0.717, 1.165) is 6.07 Å². The third-order valence-corrected chi connectivity index (χ3v) is 3.44. The summed E-state index contributed by atoms with van der Waals surface area (Å²) in [4.78, 5) is 11.8. The van der Waals surface area contributed by atoms with Crippen LogP contribution in [0, 0.1) is 23.0 Å². The topological polar surface area (TPSA) is 66.9 Å². The molecule has 5 heteroatoms. The first-order valence-electron chi connectivity index (χ1n) is 6.29. The number of hydrogen-bond donors (Lipinski definition) is 2. The van der Waals surface area contributed by atoms with Crippen molar-refractivity contribution in [3.8, 4) is 0 Å². The number of rotatable bonds is 6. The Kier molecular flexibility index (Phi) is 3.93. The van der Waals surface area contributed by atoms with Crippen molar-refractivity contribution in [2.45, 2.75) is 31.6 Å². The summed E-state index contributed by atoms with van der Waals surface area (Å²) < 4.78 is 26.3.